The lowest BCUT2D eigenvalue weighted by atomic mass is 10.1. The Bertz CT molecular complexity index is 683. The van der Waals surface area contributed by atoms with E-state index in [0.29, 0.717) is 5.76 Å². The molecule has 18 heavy (non-hydrogen) atoms. The molecule has 3 nitrogen and oxygen atoms in total. The summed E-state index contributed by atoms with van der Waals surface area (Å²) in [5.74, 6) is 0.309. The molecule has 1 N–H and O–H groups in total. The highest BCUT2D eigenvalue weighted by atomic mass is 19.4. The average molecular weight is 252 g/mol. The lowest BCUT2D eigenvalue weighted by Crippen LogP contribution is -2.07. The molecule has 0 aliphatic rings. The Kier molecular flexibility index (Phi) is 2.19. The van der Waals surface area contributed by atoms with Crippen LogP contribution in [-0.4, -0.2) is 9.97 Å². The molecule has 0 unspecified atom stereocenters. The van der Waals surface area contributed by atoms with Gasteiger partial charge < -0.3 is 9.40 Å². The van der Waals surface area contributed by atoms with Crippen molar-refractivity contribution in [3.63, 3.8) is 0 Å². The van der Waals surface area contributed by atoms with Gasteiger partial charge in [0.15, 0.2) is 5.76 Å². The second-order valence-corrected chi connectivity index (χ2v) is 3.77. The van der Waals surface area contributed by atoms with Crippen LogP contribution in [0.2, 0.25) is 0 Å². The highest BCUT2D eigenvalue weighted by Crippen LogP contribution is 2.36. The second kappa shape index (κ2) is 3.63. The van der Waals surface area contributed by atoms with Gasteiger partial charge in [0.25, 0.3) is 0 Å². The molecule has 0 fully saturated rings. The Morgan fingerprint density at radius 1 is 1.22 bits per heavy atom. The molecule has 0 aliphatic carbocycles. The van der Waals surface area contributed by atoms with Crippen molar-refractivity contribution in [2.24, 2.45) is 0 Å². The van der Waals surface area contributed by atoms with E-state index in [1.165, 1.54) is 18.5 Å². The summed E-state index contributed by atoms with van der Waals surface area (Å²) in [6.07, 6.45) is -1.61. The molecular weight excluding hydrogens is 245 g/mol. The van der Waals surface area contributed by atoms with Gasteiger partial charge in [0.1, 0.15) is 5.69 Å². The molecule has 3 aromatic heterocycles. The van der Waals surface area contributed by atoms with E-state index in [0.717, 1.165) is 6.07 Å². The van der Waals surface area contributed by atoms with E-state index < -0.39 is 11.7 Å². The third-order valence-electron chi connectivity index (χ3n) is 2.60. The zero-order valence-electron chi connectivity index (χ0n) is 8.95. The largest absolute Gasteiger partial charge is 0.463 e. The maximum Gasteiger partial charge on any atom is 0.418 e. The van der Waals surface area contributed by atoms with Crippen LogP contribution in [-0.2, 0) is 6.18 Å². The summed E-state index contributed by atoms with van der Waals surface area (Å²) in [5.41, 5.74) is -0.336. The molecule has 0 saturated carbocycles. The summed E-state index contributed by atoms with van der Waals surface area (Å²) in [7, 11) is 0. The molecule has 0 aliphatic heterocycles. The number of H-pyrrole nitrogens is 1. The molecule has 0 aromatic carbocycles. The standard InChI is InChI=1S/C12H7F3N2O/c13-12(14,15)7-6-9(10-2-1-5-18-10)17-8-3-4-16-11(7)8/h1-6,16H. The van der Waals surface area contributed by atoms with Crippen molar-refractivity contribution < 1.29 is 17.6 Å². The van der Waals surface area contributed by atoms with E-state index in [9.17, 15) is 13.2 Å². The van der Waals surface area contributed by atoms with Crippen molar-refractivity contribution in [3.05, 3.63) is 42.3 Å². The number of nitrogens with zero attached hydrogens (tertiary/aromatic N) is 1. The number of nitrogens with one attached hydrogen (secondary N) is 1. The summed E-state index contributed by atoms with van der Waals surface area (Å²) < 4.78 is 43.9. The van der Waals surface area contributed by atoms with Crippen LogP contribution < -0.4 is 0 Å². The minimum atomic E-state index is -4.44. The number of pyridine rings is 1. The van der Waals surface area contributed by atoms with Crippen molar-refractivity contribution in [1.29, 1.82) is 0 Å². The highest BCUT2D eigenvalue weighted by Gasteiger charge is 2.34. The third-order valence-corrected chi connectivity index (χ3v) is 2.60. The number of aromatic amines is 1. The van der Waals surface area contributed by atoms with Crippen molar-refractivity contribution in [2.45, 2.75) is 6.18 Å². The number of hydrogen-bond donors (Lipinski definition) is 1. The Hall–Kier alpha value is -2.24. The molecule has 0 spiro atoms. The SMILES string of the molecule is FC(F)(F)c1cc(-c2ccco2)nc2cc[nH]c12. The number of halogens is 3. The fourth-order valence-corrected chi connectivity index (χ4v) is 1.82. The molecule has 0 atom stereocenters. The van der Waals surface area contributed by atoms with Crippen LogP contribution in [0.3, 0.4) is 0 Å². The summed E-state index contributed by atoms with van der Waals surface area (Å²) in [6, 6.07) is 5.65. The van der Waals surface area contributed by atoms with E-state index in [1.807, 2.05) is 0 Å². The fourth-order valence-electron chi connectivity index (χ4n) is 1.82. The predicted molar refractivity (Wildman–Crippen MR) is 58.8 cm³/mol. The van der Waals surface area contributed by atoms with Gasteiger partial charge in [-0.3, -0.25) is 0 Å². The minimum absolute atomic E-state index is 0.0159. The average Bonchev–Trinajstić information content (AvgIpc) is 2.97. The van der Waals surface area contributed by atoms with Gasteiger partial charge in [0.2, 0.25) is 0 Å². The summed E-state index contributed by atoms with van der Waals surface area (Å²) >= 11 is 0. The highest BCUT2D eigenvalue weighted by molar-refractivity contribution is 5.82. The molecule has 0 saturated heterocycles. The molecule has 0 radical (unpaired) electrons. The molecule has 6 heteroatoms. The third kappa shape index (κ3) is 1.66. The van der Waals surface area contributed by atoms with Gasteiger partial charge in [0.05, 0.1) is 22.9 Å². The topological polar surface area (TPSA) is 41.8 Å². The molecular formula is C12H7F3N2O. The van der Waals surface area contributed by atoms with Crippen molar-refractivity contribution in [1.82, 2.24) is 9.97 Å². The molecule has 92 valence electrons. The number of furan rings is 1. The Labute approximate surface area is 99.3 Å². The van der Waals surface area contributed by atoms with E-state index in [-0.39, 0.29) is 16.7 Å². The van der Waals surface area contributed by atoms with Crippen LogP contribution in [0.5, 0.6) is 0 Å². The summed E-state index contributed by atoms with van der Waals surface area (Å²) in [6.45, 7) is 0. The van der Waals surface area contributed by atoms with Crippen LogP contribution >= 0.6 is 0 Å². The maximum absolute atomic E-state index is 12.9. The van der Waals surface area contributed by atoms with E-state index >= 15 is 0 Å². The second-order valence-electron chi connectivity index (χ2n) is 3.77. The van der Waals surface area contributed by atoms with Gasteiger partial charge in [0, 0.05) is 6.20 Å². The van der Waals surface area contributed by atoms with Gasteiger partial charge in [-0.25, -0.2) is 4.98 Å². The van der Waals surface area contributed by atoms with Crippen LogP contribution in [0.1, 0.15) is 5.56 Å². The quantitative estimate of drug-likeness (QED) is 0.714. The van der Waals surface area contributed by atoms with Crippen molar-refractivity contribution >= 4 is 11.0 Å². The first kappa shape index (κ1) is 10.9. The van der Waals surface area contributed by atoms with E-state index in [1.54, 1.807) is 12.1 Å². The first-order valence-corrected chi connectivity index (χ1v) is 5.15. The lowest BCUT2D eigenvalue weighted by Gasteiger charge is -2.09. The molecule has 0 bridgehead atoms. The van der Waals surface area contributed by atoms with Gasteiger partial charge in [-0.05, 0) is 24.3 Å². The number of aromatic nitrogens is 2. The zero-order valence-corrected chi connectivity index (χ0v) is 8.95. The maximum atomic E-state index is 12.9. The monoisotopic (exact) mass is 252 g/mol. The lowest BCUT2D eigenvalue weighted by molar-refractivity contribution is -0.136. The van der Waals surface area contributed by atoms with E-state index in [4.69, 9.17) is 4.42 Å². The first-order valence-electron chi connectivity index (χ1n) is 5.15. The van der Waals surface area contributed by atoms with Gasteiger partial charge >= 0.3 is 6.18 Å². The smallest absolute Gasteiger partial charge is 0.418 e. The minimum Gasteiger partial charge on any atom is -0.463 e. The predicted octanol–water partition coefficient (Wildman–Crippen LogP) is 3.84. The Balaban J connectivity index is 2.30. The van der Waals surface area contributed by atoms with Crippen LogP contribution in [0.25, 0.3) is 22.5 Å². The van der Waals surface area contributed by atoms with Gasteiger partial charge in [-0.15, -0.1) is 0 Å². The zero-order chi connectivity index (χ0) is 12.8. The van der Waals surface area contributed by atoms with Gasteiger partial charge in [-0.2, -0.15) is 13.2 Å². The van der Waals surface area contributed by atoms with Crippen LogP contribution in [0.4, 0.5) is 13.2 Å². The number of hydrogen-bond acceptors (Lipinski definition) is 2. The number of rotatable bonds is 1. The summed E-state index contributed by atoms with van der Waals surface area (Å²) in [4.78, 5) is 6.68. The molecule has 0 amide bonds. The molecule has 3 rings (SSSR count). The van der Waals surface area contributed by atoms with E-state index in [2.05, 4.69) is 9.97 Å². The summed E-state index contributed by atoms with van der Waals surface area (Å²) in [5, 5.41) is 0. The number of fused-ring (bicyclic) bond motifs is 1. The first-order chi connectivity index (χ1) is 8.55. The Morgan fingerprint density at radius 2 is 2.06 bits per heavy atom. The molecule has 3 aromatic rings. The van der Waals surface area contributed by atoms with Gasteiger partial charge in [-0.1, -0.05) is 0 Å². The Morgan fingerprint density at radius 3 is 2.72 bits per heavy atom. The van der Waals surface area contributed by atoms with Crippen molar-refractivity contribution in [3.8, 4) is 11.5 Å². The van der Waals surface area contributed by atoms with Crippen molar-refractivity contribution in [2.75, 3.05) is 0 Å². The van der Waals surface area contributed by atoms with Crippen LogP contribution in [0.15, 0.2) is 41.1 Å². The normalized spacial score (nSPS) is 12.2. The number of alkyl halides is 3. The van der Waals surface area contributed by atoms with Crippen LogP contribution in [0, 0.1) is 0 Å². The molecule has 3 heterocycles. The fraction of sp³-hybridized carbons (Fsp3) is 0.0833.